The number of fused-ring (bicyclic) bond motifs is 1. The van der Waals surface area contributed by atoms with Crippen molar-refractivity contribution in [2.45, 2.75) is 44.9 Å². The normalized spacial score (nSPS) is 16.1. The lowest BCUT2D eigenvalue weighted by Crippen LogP contribution is -2.28. The quantitative estimate of drug-likeness (QED) is 0.271. The summed E-state index contributed by atoms with van der Waals surface area (Å²) in [5, 5.41) is 12.8. The molecule has 36 heavy (non-hydrogen) atoms. The minimum absolute atomic E-state index is 0.0868. The number of halogens is 3. The molecule has 0 radical (unpaired) electrons. The third-order valence-corrected chi connectivity index (χ3v) is 7.55. The number of amidine groups is 1. The van der Waals surface area contributed by atoms with Crippen LogP contribution in [0.2, 0.25) is 30.7 Å². The Balaban J connectivity index is 1.53. The van der Waals surface area contributed by atoms with Gasteiger partial charge in [-0.25, -0.2) is 18.8 Å². The van der Waals surface area contributed by atoms with Crippen molar-refractivity contribution in [3.8, 4) is 11.5 Å². The topological polar surface area (TPSA) is 90.1 Å². The highest BCUT2D eigenvalue weighted by molar-refractivity contribution is 6.76. The summed E-state index contributed by atoms with van der Waals surface area (Å²) in [6.45, 7) is 7.89. The standard InChI is InChI=1S/C24H29ClF2N4O4Si/c1-36(2,3)9-8-33-14-31-12-17(25)21-20(4-6-28-23(21)31)35-22-18(26)10-16(11-19(22)27)30-24-29-15(13-32)5-7-34-24/h4,6,10-12,15,32H,5,7-9,13-14H2,1-3H3,(H,29,30). The number of aliphatic hydroxyl groups excluding tert-OH is 1. The average molecular weight is 539 g/mol. The highest BCUT2D eigenvalue weighted by atomic mass is 35.5. The van der Waals surface area contributed by atoms with Crippen molar-refractivity contribution in [2.75, 3.05) is 25.1 Å². The maximum atomic E-state index is 14.9. The number of hydrogen-bond donors (Lipinski definition) is 2. The zero-order valence-corrected chi connectivity index (χ0v) is 22.1. The second-order valence-electron chi connectivity index (χ2n) is 9.71. The van der Waals surface area contributed by atoms with Crippen LogP contribution in [0.25, 0.3) is 11.0 Å². The fourth-order valence-electron chi connectivity index (χ4n) is 3.59. The number of hydrogen-bond acceptors (Lipinski definition) is 7. The van der Waals surface area contributed by atoms with Crippen LogP contribution in [-0.4, -0.2) is 54.6 Å². The van der Waals surface area contributed by atoms with Crippen molar-refractivity contribution < 1.29 is 28.1 Å². The molecule has 4 rings (SSSR count). The number of nitrogens with zero attached hydrogens (tertiary/aromatic N) is 3. The Morgan fingerprint density at radius 1 is 1.28 bits per heavy atom. The molecule has 0 fully saturated rings. The highest BCUT2D eigenvalue weighted by Gasteiger charge is 2.21. The summed E-state index contributed by atoms with van der Waals surface area (Å²) in [7, 11) is -1.22. The van der Waals surface area contributed by atoms with E-state index in [-0.39, 0.29) is 36.8 Å². The molecule has 0 spiro atoms. The zero-order valence-electron chi connectivity index (χ0n) is 20.4. The van der Waals surface area contributed by atoms with Crippen LogP contribution >= 0.6 is 11.6 Å². The molecular formula is C24H29ClF2N4O4Si. The number of benzene rings is 1. The molecule has 1 aliphatic rings. The van der Waals surface area contributed by atoms with Crippen LogP contribution in [0, 0.1) is 11.6 Å². The van der Waals surface area contributed by atoms with Crippen LogP contribution in [0.15, 0.2) is 35.6 Å². The number of aliphatic hydroxyl groups is 1. The smallest absolute Gasteiger partial charge is 0.289 e. The number of anilines is 1. The predicted octanol–water partition coefficient (Wildman–Crippen LogP) is 5.62. The van der Waals surface area contributed by atoms with Gasteiger partial charge in [0.15, 0.2) is 17.4 Å². The largest absolute Gasteiger partial charge is 0.465 e. The fourth-order valence-corrected chi connectivity index (χ4v) is 4.64. The summed E-state index contributed by atoms with van der Waals surface area (Å²) < 4.78 is 48.4. The van der Waals surface area contributed by atoms with Gasteiger partial charge in [-0.2, -0.15) is 0 Å². The first-order valence-corrected chi connectivity index (χ1v) is 15.7. The third-order valence-electron chi connectivity index (χ3n) is 5.56. The number of aromatic nitrogens is 2. The van der Waals surface area contributed by atoms with E-state index in [0.29, 0.717) is 35.7 Å². The number of aliphatic imine (C=N–C) groups is 1. The van der Waals surface area contributed by atoms with Crippen LogP contribution in [0.3, 0.4) is 0 Å². The Kier molecular flexibility index (Phi) is 8.13. The van der Waals surface area contributed by atoms with E-state index in [0.717, 1.165) is 18.2 Å². The number of pyridine rings is 1. The van der Waals surface area contributed by atoms with Crippen molar-refractivity contribution in [3.63, 3.8) is 0 Å². The SMILES string of the molecule is C[Si](C)(C)CCOCn1cc(Cl)c2c(Oc3c(F)cc(NC4=NC(CO)CCO4)cc3F)ccnc21. The van der Waals surface area contributed by atoms with Crippen molar-refractivity contribution in [1.82, 2.24) is 9.55 Å². The van der Waals surface area contributed by atoms with Gasteiger partial charge in [0, 0.05) is 51.3 Å². The summed E-state index contributed by atoms with van der Waals surface area (Å²) in [6.07, 6.45) is 3.70. The lowest BCUT2D eigenvalue weighted by Gasteiger charge is -2.20. The van der Waals surface area contributed by atoms with E-state index < -0.39 is 25.5 Å². The lowest BCUT2D eigenvalue weighted by atomic mass is 10.2. The minimum Gasteiger partial charge on any atom is -0.465 e. The molecule has 0 saturated carbocycles. The van der Waals surface area contributed by atoms with Gasteiger partial charge in [0.25, 0.3) is 6.02 Å². The molecule has 1 atom stereocenters. The molecule has 1 aliphatic heterocycles. The van der Waals surface area contributed by atoms with Crippen molar-refractivity contribution in [3.05, 3.63) is 47.2 Å². The molecule has 2 N–H and O–H groups in total. The molecule has 1 aromatic carbocycles. The zero-order chi connectivity index (χ0) is 25.9. The van der Waals surface area contributed by atoms with Crippen LogP contribution in [0.4, 0.5) is 14.5 Å². The second-order valence-corrected chi connectivity index (χ2v) is 15.7. The van der Waals surface area contributed by atoms with Gasteiger partial charge < -0.3 is 29.2 Å². The Bertz CT molecular complexity index is 1240. The van der Waals surface area contributed by atoms with E-state index in [2.05, 4.69) is 34.9 Å². The molecular weight excluding hydrogens is 510 g/mol. The fraction of sp³-hybridized carbons (Fsp3) is 0.417. The van der Waals surface area contributed by atoms with E-state index in [1.165, 1.54) is 12.3 Å². The first kappa shape index (κ1) is 26.3. The molecule has 12 heteroatoms. The van der Waals surface area contributed by atoms with Gasteiger partial charge >= 0.3 is 0 Å². The van der Waals surface area contributed by atoms with Gasteiger partial charge in [-0.3, -0.25) is 0 Å². The molecule has 0 saturated heterocycles. The number of ether oxygens (including phenoxy) is 3. The molecule has 0 aliphatic carbocycles. The predicted molar refractivity (Wildman–Crippen MR) is 138 cm³/mol. The molecule has 2 aromatic heterocycles. The van der Waals surface area contributed by atoms with Gasteiger partial charge in [0.05, 0.1) is 29.7 Å². The van der Waals surface area contributed by atoms with Crippen LogP contribution < -0.4 is 10.1 Å². The maximum absolute atomic E-state index is 14.9. The Morgan fingerprint density at radius 3 is 2.72 bits per heavy atom. The molecule has 194 valence electrons. The number of rotatable bonds is 9. The van der Waals surface area contributed by atoms with Gasteiger partial charge in [0.2, 0.25) is 0 Å². The van der Waals surface area contributed by atoms with Crippen LogP contribution in [0.5, 0.6) is 11.5 Å². The van der Waals surface area contributed by atoms with E-state index in [4.69, 9.17) is 25.8 Å². The summed E-state index contributed by atoms with van der Waals surface area (Å²) >= 11 is 6.44. The van der Waals surface area contributed by atoms with Gasteiger partial charge in [0.1, 0.15) is 18.1 Å². The van der Waals surface area contributed by atoms with Crippen molar-refractivity contribution in [2.24, 2.45) is 4.99 Å². The first-order valence-electron chi connectivity index (χ1n) is 11.6. The van der Waals surface area contributed by atoms with E-state index in [1.54, 1.807) is 10.8 Å². The minimum atomic E-state index is -1.22. The molecule has 0 amide bonds. The molecule has 0 bridgehead atoms. The van der Waals surface area contributed by atoms with Crippen molar-refractivity contribution in [1.29, 1.82) is 0 Å². The lowest BCUT2D eigenvalue weighted by molar-refractivity contribution is 0.0899. The average Bonchev–Trinajstić information content (AvgIpc) is 3.15. The molecule has 8 nitrogen and oxygen atoms in total. The summed E-state index contributed by atoms with van der Waals surface area (Å²) in [5.74, 6) is -2.27. The highest BCUT2D eigenvalue weighted by Crippen LogP contribution is 2.37. The van der Waals surface area contributed by atoms with Gasteiger partial charge in [-0.1, -0.05) is 31.2 Å². The van der Waals surface area contributed by atoms with Gasteiger partial charge in [-0.15, -0.1) is 0 Å². The van der Waals surface area contributed by atoms with E-state index >= 15 is 0 Å². The molecule has 3 heterocycles. The Labute approximate surface area is 213 Å². The van der Waals surface area contributed by atoms with E-state index in [9.17, 15) is 13.9 Å². The van der Waals surface area contributed by atoms with E-state index in [1.807, 2.05) is 0 Å². The monoisotopic (exact) mass is 538 g/mol. The maximum Gasteiger partial charge on any atom is 0.289 e. The van der Waals surface area contributed by atoms with Crippen LogP contribution in [0.1, 0.15) is 6.42 Å². The first-order chi connectivity index (χ1) is 17.1. The van der Waals surface area contributed by atoms with Crippen molar-refractivity contribution >= 4 is 42.4 Å². The summed E-state index contributed by atoms with van der Waals surface area (Å²) in [5.41, 5.74) is 0.574. The molecule has 1 unspecified atom stereocenters. The van der Waals surface area contributed by atoms with Crippen LogP contribution in [-0.2, 0) is 16.2 Å². The number of nitrogens with one attached hydrogen (secondary N) is 1. The second kappa shape index (κ2) is 11.1. The summed E-state index contributed by atoms with van der Waals surface area (Å²) in [6, 6.07) is 4.43. The Morgan fingerprint density at radius 2 is 2.03 bits per heavy atom. The Hall–Kier alpha value is -2.73. The molecule has 3 aromatic rings. The summed E-state index contributed by atoms with van der Waals surface area (Å²) in [4.78, 5) is 8.51. The van der Waals surface area contributed by atoms with Gasteiger partial charge in [-0.05, 0) is 12.1 Å². The third kappa shape index (κ3) is 6.33.